The van der Waals surface area contributed by atoms with Crippen molar-refractivity contribution in [3.8, 4) is 23.1 Å². The van der Waals surface area contributed by atoms with Crippen LogP contribution in [0.15, 0.2) is 97.2 Å². The molecule has 1 aliphatic rings. The van der Waals surface area contributed by atoms with E-state index >= 15 is 0 Å². The van der Waals surface area contributed by atoms with Crippen LogP contribution in [0.3, 0.4) is 0 Å². The van der Waals surface area contributed by atoms with Crippen molar-refractivity contribution in [3.05, 3.63) is 114 Å². The number of fused-ring (bicyclic) bond motifs is 1. The molecule has 2 aromatic heterocycles. The summed E-state index contributed by atoms with van der Waals surface area (Å²) in [4.78, 5) is 37.8. The number of urea groups is 1. The molecule has 0 bridgehead atoms. The first-order valence-electron chi connectivity index (χ1n) is 17.3. The third kappa shape index (κ3) is 8.35. The second-order valence-electron chi connectivity index (χ2n) is 12.9. The second kappa shape index (κ2) is 15.9. The van der Waals surface area contributed by atoms with Gasteiger partial charge in [-0.05, 0) is 25.0 Å². The maximum atomic E-state index is 13.4. The molecule has 13 heteroatoms. The summed E-state index contributed by atoms with van der Waals surface area (Å²) in [5.74, 6) is 2.28. The molecule has 6 aromatic rings. The number of rotatable bonds is 10. The van der Waals surface area contributed by atoms with Gasteiger partial charge in [0, 0.05) is 6.07 Å². The van der Waals surface area contributed by atoms with Gasteiger partial charge in [-0.25, -0.2) is 4.68 Å². The Morgan fingerprint density at radius 3 is 2.43 bits per heavy atom. The van der Waals surface area contributed by atoms with Crippen LogP contribution in [-0.2, 0) is 4.74 Å². The first-order valence-corrected chi connectivity index (χ1v) is 19.4. The molecule has 53 heavy (non-hydrogen) atoms. The topological polar surface area (TPSA) is 133 Å². The van der Waals surface area contributed by atoms with Crippen LogP contribution >= 0.6 is 0 Å². The fourth-order valence-electron chi connectivity index (χ4n) is 5.96. The van der Waals surface area contributed by atoms with E-state index in [0.717, 1.165) is 32.1 Å². The summed E-state index contributed by atoms with van der Waals surface area (Å²) < 4.78 is 20.6. The molecule has 2 N–H and O–H groups in total. The average molecular weight is 774 g/mol. The number of methoxy groups -OCH3 is 1. The molecule has 0 spiro atoms. The molecule has 1 atom stereocenters. The number of aryl methyl sites for hydroxylation is 1. The minimum atomic E-state index is -1.05. The first kappa shape index (κ1) is 35.7. The van der Waals surface area contributed by atoms with Gasteiger partial charge in [0.05, 0.1) is 11.4 Å². The van der Waals surface area contributed by atoms with Gasteiger partial charge in [0.25, 0.3) is 0 Å². The van der Waals surface area contributed by atoms with Gasteiger partial charge in [0.15, 0.2) is 0 Å². The van der Waals surface area contributed by atoms with Gasteiger partial charge in [-0.2, -0.15) is 5.10 Å². The van der Waals surface area contributed by atoms with Crippen LogP contribution in [0.4, 0.5) is 16.3 Å². The quantitative estimate of drug-likeness (QED) is 0.173. The number of benzene rings is 4. The van der Waals surface area contributed by atoms with E-state index in [2.05, 4.69) is 29.5 Å². The fourth-order valence-corrected chi connectivity index (χ4v) is 8.06. The van der Waals surface area contributed by atoms with Crippen LogP contribution < -0.4 is 29.1 Å². The number of anilines is 2. The van der Waals surface area contributed by atoms with Crippen LogP contribution in [0.25, 0.3) is 16.5 Å². The molecule has 7 rings (SSSR count). The Morgan fingerprint density at radius 2 is 1.68 bits per heavy atom. The van der Waals surface area contributed by atoms with Crippen molar-refractivity contribution >= 4 is 58.9 Å². The van der Waals surface area contributed by atoms with Gasteiger partial charge in [0.2, 0.25) is 0 Å². The molecule has 1 saturated heterocycles. The minimum absolute atomic E-state index is 0.0468. The number of hydrogen-bond donors (Lipinski definition) is 2. The zero-order valence-corrected chi connectivity index (χ0v) is 32.0. The molecule has 1 fully saturated rings. The van der Waals surface area contributed by atoms with Gasteiger partial charge in [-0.1, -0.05) is 31.5 Å². The van der Waals surface area contributed by atoms with Crippen molar-refractivity contribution < 1.29 is 23.8 Å². The molecular weight excluding hydrogens is 733 g/mol. The molecule has 4 aromatic carbocycles. The maximum absolute atomic E-state index is 13.4. The zero-order chi connectivity index (χ0) is 36.9. The monoisotopic (exact) mass is 773 g/mol. The summed E-state index contributed by atoms with van der Waals surface area (Å²) in [5.41, 5.74) is 4.05. The van der Waals surface area contributed by atoms with Gasteiger partial charge < -0.3 is 0 Å². The van der Waals surface area contributed by atoms with E-state index in [1.807, 2.05) is 85.8 Å². The number of aromatic nitrogens is 4. The summed E-state index contributed by atoms with van der Waals surface area (Å²) in [6.45, 7) is 8.34. The van der Waals surface area contributed by atoms with E-state index in [9.17, 15) is 9.59 Å². The van der Waals surface area contributed by atoms with E-state index in [-0.39, 0.29) is 11.8 Å². The van der Waals surface area contributed by atoms with Crippen molar-refractivity contribution in [1.82, 2.24) is 24.6 Å². The van der Waals surface area contributed by atoms with Crippen LogP contribution in [0.1, 0.15) is 41.4 Å². The van der Waals surface area contributed by atoms with Gasteiger partial charge >= 0.3 is 231 Å². The van der Waals surface area contributed by atoms with Crippen LogP contribution in [0.2, 0.25) is 0 Å². The van der Waals surface area contributed by atoms with E-state index < -0.39 is 21.8 Å². The number of carbonyl (C=O) groups excluding carboxylic acids is 2. The van der Waals surface area contributed by atoms with Crippen LogP contribution in [-0.4, -0.2) is 85.8 Å². The van der Waals surface area contributed by atoms with Crippen LogP contribution in [0, 0.1) is 6.92 Å². The molecule has 3 heterocycles. The molecule has 0 aliphatic carbocycles. The van der Waals surface area contributed by atoms with Crippen molar-refractivity contribution in [1.29, 1.82) is 0 Å². The first-order chi connectivity index (χ1) is 25.7. The zero-order valence-electron chi connectivity index (χ0n) is 29.9. The number of nitrogens with one attached hydrogen (secondary N) is 2. The van der Waals surface area contributed by atoms with Crippen LogP contribution in [0.5, 0.6) is 17.4 Å². The van der Waals surface area contributed by atoms with Crippen molar-refractivity contribution in [2.75, 3.05) is 44.0 Å². The van der Waals surface area contributed by atoms with Gasteiger partial charge in [0.1, 0.15) is 0 Å². The number of nitrogens with zero attached hydrogens (tertiary/aromatic N) is 5. The molecule has 0 radical (unpaired) electrons. The molecule has 12 nitrogen and oxygen atoms in total. The standard InChI is InChI=1S/C40H40AsN7O5/c1-25(2)34-24-36(48(46-34)29-11-9-26(3)10-12-29)44-40(50)43-33-13-14-35(32-8-6-5-7-31(32)33)53-37-15-16-42-39(45-37)41-28-21-27(22-30(23-28)51-4)38(49)47-17-19-52-20-18-47/h5-16,21-25,41H,17-20H2,1-4H3,(H2,43,44,50). The molecular formula is C40H40AsN7O5. The van der Waals surface area contributed by atoms with E-state index in [0.29, 0.717) is 65.4 Å². The number of hydrogen-bond acceptors (Lipinski definition) is 8. The molecule has 0 saturated carbocycles. The second-order valence-corrected chi connectivity index (χ2v) is 15.6. The normalized spacial score (nSPS) is 13.1. The van der Waals surface area contributed by atoms with E-state index in [1.165, 1.54) is 0 Å². The fraction of sp³-hybridized carbons (Fsp3) is 0.225. The Labute approximate surface area is 314 Å². The van der Waals surface area contributed by atoms with Gasteiger partial charge in [-0.15, -0.1) is 0 Å². The Balaban J connectivity index is 1.08. The Morgan fingerprint density at radius 1 is 0.906 bits per heavy atom. The third-order valence-corrected chi connectivity index (χ3v) is 10.9. The summed E-state index contributed by atoms with van der Waals surface area (Å²) >= 11 is -1.05. The SMILES string of the molecule is COc1cc([AsH]c2nccc(Oc3ccc(NC(=O)Nc4cc(C(C)C)nn4-c4ccc(C)cc4)c4ccccc34)n2)cc(C(=O)N2CCOCC2)c1. The van der Waals surface area contributed by atoms with Crippen molar-refractivity contribution in [3.63, 3.8) is 0 Å². The average Bonchev–Trinajstić information content (AvgIpc) is 3.60. The summed E-state index contributed by atoms with van der Waals surface area (Å²) in [5, 5.41) is 12.4. The summed E-state index contributed by atoms with van der Waals surface area (Å²) in [7, 11) is 1.59. The Kier molecular flexibility index (Phi) is 10.7. The molecule has 1 unspecified atom stereocenters. The Bertz CT molecular complexity index is 2270. The number of carbonyl (C=O) groups is 2. The predicted molar refractivity (Wildman–Crippen MR) is 207 cm³/mol. The van der Waals surface area contributed by atoms with Crippen molar-refractivity contribution in [2.45, 2.75) is 26.7 Å². The van der Waals surface area contributed by atoms with Gasteiger partial charge in [-0.3, -0.25) is 0 Å². The number of ether oxygens (including phenoxy) is 3. The van der Waals surface area contributed by atoms with E-state index in [1.54, 1.807) is 35.0 Å². The predicted octanol–water partition coefficient (Wildman–Crippen LogP) is 5.55. The molecule has 3 amide bonds. The molecule has 270 valence electrons. The van der Waals surface area contributed by atoms with E-state index in [4.69, 9.17) is 24.3 Å². The van der Waals surface area contributed by atoms with Crippen molar-refractivity contribution in [2.24, 2.45) is 0 Å². The number of amides is 3. The summed E-state index contributed by atoms with van der Waals surface area (Å²) in [6.07, 6.45) is 1.68. The summed E-state index contributed by atoms with van der Waals surface area (Å²) in [6, 6.07) is 28.1. The number of morpholine rings is 1. The third-order valence-electron chi connectivity index (χ3n) is 8.76. The Hall–Kier alpha value is -5.71. The molecule has 1 aliphatic heterocycles.